The Morgan fingerprint density at radius 2 is 1.47 bits per heavy atom. The van der Waals surface area contributed by atoms with Gasteiger partial charge in [0.1, 0.15) is 0 Å². The van der Waals surface area contributed by atoms with Crippen molar-refractivity contribution in [1.82, 2.24) is 0 Å². The minimum Gasteiger partial charge on any atom is -0.335 e. The number of rotatable bonds is 6. The molecule has 0 saturated heterocycles. The molecule has 0 radical (unpaired) electrons. The van der Waals surface area contributed by atoms with Gasteiger partial charge in [0, 0.05) is 12.1 Å². The second-order valence-corrected chi connectivity index (χ2v) is 9.42. The lowest BCUT2D eigenvalue weighted by atomic mass is 9.87. The molecule has 6 rings (SSSR count). The number of hydrogen-bond donors (Lipinski definition) is 0. The number of allylic oxidation sites excluding steroid dienone is 4. The number of aliphatic imine (C=N–C) groups is 1. The van der Waals surface area contributed by atoms with Gasteiger partial charge in [-0.15, -0.1) is 0 Å². The zero-order chi connectivity index (χ0) is 26.1. The summed E-state index contributed by atoms with van der Waals surface area (Å²) >= 11 is 0. The van der Waals surface area contributed by atoms with E-state index in [9.17, 15) is 0 Å². The maximum absolute atomic E-state index is 4.35. The third kappa shape index (κ3) is 3.97. The molecule has 1 heterocycles. The van der Waals surface area contributed by atoms with Crippen LogP contribution in [0, 0.1) is 0 Å². The first-order valence-corrected chi connectivity index (χ1v) is 12.8. The predicted octanol–water partition coefficient (Wildman–Crippen LogP) is 9.91. The fourth-order valence-electron chi connectivity index (χ4n) is 5.47. The minimum absolute atomic E-state index is 0.758. The quantitative estimate of drug-likeness (QED) is 0.171. The van der Waals surface area contributed by atoms with E-state index >= 15 is 0 Å². The molecule has 5 aromatic rings. The van der Waals surface area contributed by atoms with E-state index < -0.39 is 0 Å². The summed E-state index contributed by atoms with van der Waals surface area (Å²) in [6.07, 6.45) is 5.63. The van der Waals surface area contributed by atoms with E-state index in [0.29, 0.717) is 0 Å². The van der Waals surface area contributed by atoms with E-state index in [-0.39, 0.29) is 0 Å². The van der Waals surface area contributed by atoms with Crippen molar-refractivity contribution in [2.24, 2.45) is 4.99 Å². The van der Waals surface area contributed by atoms with Crippen molar-refractivity contribution in [3.05, 3.63) is 146 Å². The Labute approximate surface area is 224 Å². The average molecular weight is 489 g/mol. The topological polar surface area (TPSA) is 15.6 Å². The van der Waals surface area contributed by atoms with Gasteiger partial charge < -0.3 is 4.90 Å². The molecule has 0 bridgehead atoms. The predicted molar refractivity (Wildman–Crippen MR) is 165 cm³/mol. The van der Waals surface area contributed by atoms with Crippen LogP contribution in [-0.4, -0.2) is 6.72 Å². The summed E-state index contributed by atoms with van der Waals surface area (Å²) in [5.41, 5.74) is 11.4. The number of nitrogens with zero attached hydrogens (tertiary/aromatic N) is 2. The molecule has 0 aliphatic carbocycles. The van der Waals surface area contributed by atoms with Crippen molar-refractivity contribution in [2.75, 3.05) is 4.90 Å². The summed E-state index contributed by atoms with van der Waals surface area (Å²) in [7, 11) is 0. The standard InChI is InChI=1S/C36H28N2/c1-4-10-25(5-2)26-15-17-27(18-16-26)29-20-22-32-31-21-19-28-11-6-7-12-30(28)33(31)24-38(36(32)23-29)35-14-9-8-13-34(35)37-3/h4-23H,1-3,24H2/b25-10+. The first kappa shape index (κ1) is 23.4. The third-order valence-electron chi connectivity index (χ3n) is 7.35. The van der Waals surface area contributed by atoms with Crippen molar-refractivity contribution < 1.29 is 0 Å². The van der Waals surface area contributed by atoms with Gasteiger partial charge in [0.05, 0.1) is 17.1 Å². The zero-order valence-electron chi connectivity index (χ0n) is 21.3. The van der Waals surface area contributed by atoms with Gasteiger partial charge in [0.2, 0.25) is 0 Å². The molecule has 0 unspecified atom stereocenters. The van der Waals surface area contributed by atoms with E-state index in [0.717, 1.165) is 34.6 Å². The smallest absolute Gasteiger partial charge is 0.0859 e. The highest BCUT2D eigenvalue weighted by molar-refractivity contribution is 5.99. The largest absolute Gasteiger partial charge is 0.335 e. The van der Waals surface area contributed by atoms with Gasteiger partial charge in [-0.3, -0.25) is 4.99 Å². The van der Waals surface area contributed by atoms with Crippen LogP contribution in [0.4, 0.5) is 17.1 Å². The van der Waals surface area contributed by atoms with E-state index in [1.54, 1.807) is 6.08 Å². The normalized spacial score (nSPS) is 12.5. The van der Waals surface area contributed by atoms with E-state index in [1.165, 1.54) is 38.7 Å². The second-order valence-electron chi connectivity index (χ2n) is 9.42. The highest BCUT2D eigenvalue weighted by Gasteiger charge is 2.26. The summed E-state index contributed by atoms with van der Waals surface area (Å²) in [5.74, 6) is 0. The molecule has 0 saturated carbocycles. The third-order valence-corrected chi connectivity index (χ3v) is 7.35. The summed E-state index contributed by atoms with van der Waals surface area (Å²) < 4.78 is 0. The maximum Gasteiger partial charge on any atom is 0.0859 e. The van der Waals surface area contributed by atoms with Gasteiger partial charge in [0.15, 0.2) is 0 Å². The molecular weight excluding hydrogens is 460 g/mol. The molecule has 0 N–H and O–H groups in total. The number of hydrogen-bond acceptors (Lipinski definition) is 2. The first-order valence-electron chi connectivity index (χ1n) is 12.8. The molecule has 1 aliphatic heterocycles. The van der Waals surface area contributed by atoms with E-state index in [4.69, 9.17) is 0 Å². The SMILES string of the molecule is C=C/C=C(\C=C)c1ccc(-c2ccc3c(c2)N(c2ccccc2N=C)Cc2c-3ccc3ccccc23)cc1. The van der Waals surface area contributed by atoms with Crippen molar-refractivity contribution in [3.63, 3.8) is 0 Å². The van der Waals surface area contributed by atoms with Crippen LogP contribution < -0.4 is 4.90 Å². The number of para-hydroxylation sites is 2. The number of anilines is 2. The van der Waals surface area contributed by atoms with E-state index in [1.807, 2.05) is 24.3 Å². The van der Waals surface area contributed by atoms with Gasteiger partial charge in [-0.05, 0) is 69.1 Å². The van der Waals surface area contributed by atoms with Gasteiger partial charge in [0.25, 0.3) is 0 Å². The number of fused-ring (bicyclic) bond motifs is 5. The first-order chi connectivity index (χ1) is 18.7. The monoisotopic (exact) mass is 488 g/mol. The van der Waals surface area contributed by atoms with Crippen LogP contribution in [0.5, 0.6) is 0 Å². The summed E-state index contributed by atoms with van der Waals surface area (Å²) in [6, 6.07) is 36.8. The molecule has 1 aliphatic rings. The summed E-state index contributed by atoms with van der Waals surface area (Å²) in [5, 5.41) is 2.54. The molecule has 5 aromatic carbocycles. The Balaban J connectivity index is 1.53. The summed E-state index contributed by atoms with van der Waals surface area (Å²) in [6.45, 7) is 12.4. The Hall–Kier alpha value is -4.95. The molecule has 0 spiro atoms. The van der Waals surface area contributed by atoms with Crippen LogP contribution in [0.3, 0.4) is 0 Å². The molecule has 2 nitrogen and oxygen atoms in total. The Kier molecular flexibility index (Phi) is 6.07. The summed E-state index contributed by atoms with van der Waals surface area (Å²) in [4.78, 5) is 6.74. The average Bonchev–Trinajstić information content (AvgIpc) is 2.99. The van der Waals surface area contributed by atoms with Crippen LogP contribution in [0.2, 0.25) is 0 Å². The Morgan fingerprint density at radius 1 is 0.737 bits per heavy atom. The molecule has 2 heteroatoms. The zero-order valence-corrected chi connectivity index (χ0v) is 21.3. The van der Waals surface area contributed by atoms with Crippen molar-refractivity contribution in [3.8, 4) is 22.3 Å². The molecule has 0 amide bonds. The molecule has 0 atom stereocenters. The van der Waals surface area contributed by atoms with Gasteiger partial charge in [-0.2, -0.15) is 0 Å². The Bertz CT molecular complexity index is 1740. The molecular formula is C36H28N2. The van der Waals surface area contributed by atoms with Crippen LogP contribution in [0.15, 0.2) is 140 Å². The van der Waals surface area contributed by atoms with Crippen molar-refractivity contribution >= 4 is 40.1 Å². The highest BCUT2D eigenvalue weighted by atomic mass is 15.2. The maximum atomic E-state index is 4.35. The fraction of sp³-hybridized carbons (Fsp3) is 0.0278. The lowest BCUT2D eigenvalue weighted by Crippen LogP contribution is -2.22. The van der Waals surface area contributed by atoms with Crippen LogP contribution in [0.25, 0.3) is 38.6 Å². The van der Waals surface area contributed by atoms with Gasteiger partial charge >= 0.3 is 0 Å². The highest BCUT2D eigenvalue weighted by Crippen LogP contribution is 2.48. The Morgan fingerprint density at radius 3 is 2.26 bits per heavy atom. The van der Waals surface area contributed by atoms with Gasteiger partial charge in [-0.25, -0.2) is 0 Å². The van der Waals surface area contributed by atoms with Crippen molar-refractivity contribution in [1.29, 1.82) is 0 Å². The van der Waals surface area contributed by atoms with Crippen molar-refractivity contribution in [2.45, 2.75) is 6.54 Å². The molecule has 182 valence electrons. The second kappa shape index (κ2) is 9.84. The van der Waals surface area contributed by atoms with Crippen LogP contribution in [-0.2, 0) is 6.54 Å². The molecule has 0 aromatic heterocycles. The van der Waals surface area contributed by atoms with Crippen LogP contribution >= 0.6 is 0 Å². The van der Waals surface area contributed by atoms with E-state index in [2.05, 4.69) is 121 Å². The minimum atomic E-state index is 0.758. The lowest BCUT2D eigenvalue weighted by molar-refractivity contribution is 0.970. The fourth-order valence-corrected chi connectivity index (χ4v) is 5.47. The molecule has 38 heavy (non-hydrogen) atoms. The lowest BCUT2D eigenvalue weighted by Gasteiger charge is -2.34. The molecule has 0 fully saturated rings. The number of benzene rings is 5. The van der Waals surface area contributed by atoms with Gasteiger partial charge in [-0.1, -0.05) is 116 Å². The van der Waals surface area contributed by atoms with Crippen LogP contribution in [0.1, 0.15) is 11.1 Å².